The van der Waals surface area contributed by atoms with Gasteiger partial charge in [0.1, 0.15) is 0 Å². The number of benzene rings is 1. The zero-order valence-corrected chi connectivity index (χ0v) is 14.1. The molecule has 20 heavy (non-hydrogen) atoms. The second-order valence-corrected chi connectivity index (χ2v) is 7.52. The minimum atomic E-state index is 0.646. The van der Waals surface area contributed by atoms with Crippen molar-refractivity contribution in [3.63, 3.8) is 0 Å². The summed E-state index contributed by atoms with van der Waals surface area (Å²) in [6.07, 6.45) is 5.32. The number of halogens is 1. The summed E-state index contributed by atoms with van der Waals surface area (Å²) >= 11 is 3.64. The molecule has 1 heterocycles. The first kappa shape index (κ1) is 14.4. The first-order valence-corrected chi connectivity index (χ1v) is 8.71. The molecule has 2 aliphatic rings. The van der Waals surface area contributed by atoms with Crippen LogP contribution in [-0.4, -0.2) is 18.6 Å². The third kappa shape index (κ3) is 3.37. The van der Waals surface area contributed by atoms with Crippen LogP contribution < -0.4 is 10.2 Å². The number of anilines is 1. The maximum Gasteiger partial charge on any atom is 0.0425 e. The number of hydrogen-bond donors (Lipinski definition) is 1. The van der Waals surface area contributed by atoms with Crippen molar-refractivity contribution in [2.24, 2.45) is 5.92 Å². The van der Waals surface area contributed by atoms with Crippen molar-refractivity contribution in [2.45, 2.75) is 58.2 Å². The molecule has 1 aliphatic carbocycles. The van der Waals surface area contributed by atoms with Crippen LogP contribution >= 0.6 is 15.9 Å². The summed E-state index contributed by atoms with van der Waals surface area (Å²) in [5, 5.41) is 3.65. The molecule has 2 unspecified atom stereocenters. The third-order valence-electron chi connectivity index (χ3n) is 4.65. The standard InChI is InChI=1S/C17H25BrN2/c1-12-7-8-20(13(2)9-12)17-10-15(18)4-3-14(17)11-19-16-5-6-16/h3-4,10,12-13,16,19H,5-9,11H2,1-2H3. The Morgan fingerprint density at radius 2 is 2.05 bits per heavy atom. The Hall–Kier alpha value is -0.540. The highest BCUT2D eigenvalue weighted by molar-refractivity contribution is 9.10. The van der Waals surface area contributed by atoms with E-state index in [4.69, 9.17) is 0 Å². The van der Waals surface area contributed by atoms with Gasteiger partial charge in [-0.25, -0.2) is 0 Å². The zero-order chi connectivity index (χ0) is 14.1. The Labute approximate surface area is 131 Å². The summed E-state index contributed by atoms with van der Waals surface area (Å²) < 4.78 is 1.19. The topological polar surface area (TPSA) is 15.3 Å². The lowest BCUT2D eigenvalue weighted by molar-refractivity contribution is 0.377. The van der Waals surface area contributed by atoms with Gasteiger partial charge in [0.2, 0.25) is 0 Å². The molecule has 2 nitrogen and oxygen atoms in total. The summed E-state index contributed by atoms with van der Waals surface area (Å²) in [4.78, 5) is 2.61. The monoisotopic (exact) mass is 336 g/mol. The van der Waals surface area contributed by atoms with Crippen molar-refractivity contribution in [3.05, 3.63) is 28.2 Å². The second kappa shape index (κ2) is 6.07. The fourth-order valence-electron chi connectivity index (χ4n) is 3.26. The van der Waals surface area contributed by atoms with Gasteiger partial charge in [0, 0.05) is 35.3 Å². The van der Waals surface area contributed by atoms with Crippen molar-refractivity contribution in [1.29, 1.82) is 0 Å². The largest absolute Gasteiger partial charge is 0.369 e. The molecule has 0 aromatic heterocycles. The summed E-state index contributed by atoms with van der Waals surface area (Å²) in [6, 6.07) is 8.17. The van der Waals surface area contributed by atoms with E-state index in [1.807, 2.05) is 0 Å². The van der Waals surface area contributed by atoms with Crippen LogP contribution in [0.5, 0.6) is 0 Å². The summed E-state index contributed by atoms with van der Waals surface area (Å²) in [5.74, 6) is 0.862. The van der Waals surface area contributed by atoms with Crippen molar-refractivity contribution in [2.75, 3.05) is 11.4 Å². The molecule has 1 aliphatic heterocycles. The van der Waals surface area contributed by atoms with E-state index in [0.29, 0.717) is 6.04 Å². The van der Waals surface area contributed by atoms with Gasteiger partial charge in [-0.3, -0.25) is 0 Å². The molecule has 1 aromatic rings. The molecule has 3 heteroatoms. The average Bonchev–Trinajstić information content (AvgIpc) is 3.21. The van der Waals surface area contributed by atoms with E-state index < -0.39 is 0 Å². The van der Waals surface area contributed by atoms with Crippen LogP contribution in [0.25, 0.3) is 0 Å². The van der Waals surface area contributed by atoms with E-state index in [1.165, 1.54) is 48.0 Å². The van der Waals surface area contributed by atoms with E-state index >= 15 is 0 Å². The lowest BCUT2D eigenvalue weighted by Crippen LogP contribution is -2.41. The zero-order valence-electron chi connectivity index (χ0n) is 12.5. The van der Waals surface area contributed by atoms with Gasteiger partial charge < -0.3 is 10.2 Å². The van der Waals surface area contributed by atoms with Crippen LogP contribution in [0.15, 0.2) is 22.7 Å². The molecule has 1 N–H and O–H groups in total. The highest BCUT2D eigenvalue weighted by Crippen LogP contribution is 2.32. The molecule has 1 saturated heterocycles. The SMILES string of the molecule is CC1CCN(c2cc(Br)ccc2CNC2CC2)C(C)C1. The molecule has 2 atom stereocenters. The minimum Gasteiger partial charge on any atom is -0.369 e. The molecule has 110 valence electrons. The molecule has 3 rings (SSSR count). The fraction of sp³-hybridized carbons (Fsp3) is 0.647. The van der Waals surface area contributed by atoms with Crippen molar-refractivity contribution in [3.8, 4) is 0 Å². The lowest BCUT2D eigenvalue weighted by Gasteiger charge is -2.39. The van der Waals surface area contributed by atoms with Crippen molar-refractivity contribution in [1.82, 2.24) is 5.32 Å². The lowest BCUT2D eigenvalue weighted by atomic mass is 9.92. The van der Waals surface area contributed by atoms with Crippen LogP contribution in [-0.2, 0) is 6.54 Å². The third-order valence-corrected chi connectivity index (χ3v) is 5.15. The highest BCUT2D eigenvalue weighted by atomic mass is 79.9. The number of hydrogen-bond acceptors (Lipinski definition) is 2. The van der Waals surface area contributed by atoms with Gasteiger partial charge in [-0.2, -0.15) is 0 Å². The van der Waals surface area contributed by atoms with E-state index in [2.05, 4.69) is 58.2 Å². The highest BCUT2D eigenvalue weighted by Gasteiger charge is 2.26. The minimum absolute atomic E-state index is 0.646. The summed E-state index contributed by atoms with van der Waals surface area (Å²) in [5.41, 5.74) is 2.87. The molecule has 0 bridgehead atoms. The van der Waals surface area contributed by atoms with Gasteiger partial charge in [-0.1, -0.05) is 28.9 Å². The summed E-state index contributed by atoms with van der Waals surface area (Å²) in [7, 11) is 0. The predicted molar refractivity (Wildman–Crippen MR) is 89.2 cm³/mol. The Kier molecular flexibility index (Phi) is 4.37. The van der Waals surface area contributed by atoms with Gasteiger partial charge in [0.25, 0.3) is 0 Å². The van der Waals surface area contributed by atoms with Crippen LogP contribution in [0.2, 0.25) is 0 Å². The van der Waals surface area contributed by atoms with Crippen LogP contribution in [0, 0.1) is 5.92 Å². The quantitative estimate of drug-likeness (QED) is 0.880. The molecule has 2 fully saturated rings. The Balaban J connectivity index is 1.80. The van der Waals surface area contributed by atoms with E-state index in [9.17, 15) is 0 Å². The van der Waals surface area contributed by atoms with Gasteiger partial charge in [0.05, 0.1) is 0 Å². The number of nitrogens with one attached hydrogen (secondary N) is 1. The van der Waals surface area contributed by atoms with Gasteiger partial charge >= 0.3 is 0 Å². The Bertz CT molecular complexity index is 470. The number of piperidine rings is 1. The predicted octanol–water partition coefficient (Wildman–Crippen LogP) is 4.33. The second-order valence-electron chi connectivity index (χ2n) is 6.60. The molecular weight excluding hydrogens is 312 g/mol. The van der Waals surface area contributed by atoms with E-state index in [-0.39, 0.29) is 0 Å². The van der Waals surface area contributed by atoms with E-state index in [0.717, 1.165) is 18.5 Å². The molecule has 0 spiro atoms. The first-order chi connectivity index (χ1) is 9.63. The van der Waals surface area contributed by atoms with Crippen LogP contribution in [0.1, 0.15) is 45.1 Å². The molecule has 0 amide bonds. The van der Waals surface area contributed by atoms with E-state index in [1.54, 1.807) is 0 Å². The number of nitrogens with zero attached hydrogens (tertiary/aromatic N) is 1. The van der Waals surface area contributed by atoms with Crippen LogP contribution in [0.3, 0.4) is 0 Å². The summed E-state index contributed by atoms with van der Waals surface area (Å²) in [6.45, 7) is 6.94. The van der Waals surface area contributed by atoms with Crippen LogP contribution in [0.4, 0.5) is 5.69 Å². The number of rotatable bonds is 4. The van der Waals surface area contributed by atoms with Crippen molar-refractivity contribution < 1.29 is 0 Å². The normalized spacial score (nSPS) is 26.9. The Morgan fingerprint density at radius 3 is 2.75 bits per heavy atom. The smallest absolute Gasteiger partial charge is 0.0425 e. The maximum absolute atomic E-state index is 3.65. The molecule has 0 radical (unpaired) electrons. The first-order valence-electron chi connectivity index (χ1n) is 7.92. The molecule has 1 aromatic carbocycles. The van der Waals surface area contributed by atoms with Gasteiger partial charge in [-0.15, -0.1) is 0 Å². The average molecular weight is 337 g/mol. The Morgan fingerprint density at radius 1 is 1.25 bits per heavy atom. The molecular formula is C17H25BrN2. The van der Waals surface area contributed by atoms with Gasteiger partial charge in [0.15, 0.2) is 0 Å². The van der Waals surface area contributed by atoms with Crippen molar-refractivity contribution >= 4 is 21.6 Å². The fourth-order valence-corrected chi connectivity index (χ4v) is 3.61. The molecule has 1 saturated carbocycles. The van der Waals surface area contributed by atoms with Gasteiger partial charge in [-0.05, 0) is 56.2 Å². The maximum atomic E-state index is 3.65.